The molecular formula is C12H12ClFN2. The molecule has 2 aliphatic rings. The van der Waals surface area contributed by atoms with E-state index in [1.165, 1.54) is 12.5 Å². The van der Waals surface area contributed by atoms with Crippen molar-refractivity contribution >= 4 is 23.5 Å². The number of hydrogen-bond acceptors (Lipinski definition) is 2. The van der Waals surface area contributed by atoms with Crippen molar-refractivity contribution in [3.63, 3.8) is 0 Å². The first-order valence-electron chi connectivity index (χ1n) is 5.51. The minimum atomic E-state index is -0.353. The molecule has 2 aliphatic heterocycles. The highest BCUT2D eigenvalue weighted by atomic mass is 35.5. The fourth-order valence-electron chi connectivity index (χ4n) is 2.44. The summed E-state index contributed by atoms with van der Waals surface area (Å²) in [5.41, 5.74) is 1.63. The third-order valence-electron chi connectivity index (χ3n) is 3.33. The van der Waals surface area contributed by atoms with Crippen LogP contribution >= 0.6 is 11.6 Å². The van der Waals surface area contributed by atoms with Crippen molar-refractivity contribution in [1.29, 1.82) is 0 Å². The molecule has 1 aromatic carbocycles. The molecule has 2 heterocycles. The van der Waals surface area contributed by atoms with E-state index < -0.39 is 0 Å². The highest BCUT2D eigenvalue weighted by Crippen LogP contribution is 2.34. The summed E-state index contributed by atoms with van der Waals surface area (Å²) in [6.45, 7) is 1.75. The Bertz CT molecular complexity index is 459. The first-order valence-corrected chi connectivity index (χ1v) is 5.88. The van der Waals surface area contributed by atoms with Gasteiger partial charge < -0.3 is 0 Å². The first kappa shape index (κ1) is 10.2. The van der Waals surface area contributed by atoms with Gasteiger partial charge in [0.15, 0.2) is 0 Å². The normalized spacial score (nSPS) is 24.0. The van der Waals surface area contributed by atoms with Crippen LogP contribution < -0.4 is 0 Å². The van der Waals surface area contributed by atoms with Crippen LogP contribution in [0.1, 0.15) is 18.4 Å². The average molecular weight is 239 g/mol. The summed E-state index contributed by atoms with van der Waals surface area (Å²) in [6.07, 6.45) is 4.28. The predicted molar refractivity (Wildman–Crippen MR) is 63.0 cm³/mol. The summed E-state index contributed by atoms with van der Waals surface area (Å²) in [5, 5.41) is 0.224. The highest BCUT2D eigenvalue weighted by Gasteiger charge is 2.27. The molecule has 0 saturated carbocycles. The van der Waals surface area contributed by atoms with Crippen LogP contribution in [0.25, 0.3) is 0 Å². The van der Waals surface area contributed by atoms with Crippen LogP contribution in [0, 0.1) is 5.82 Å². The maximum absolute atomic E-state index is 13.4. The van der Waals surface area contributed by atoms with Crippen molar-refractivity contribution in [2.24, 2.45) is 4.99 Å². The molecule has 0 N–H and O–H groups in total. The van der Waals surface area contributed by atoms with Gasteiger partial charge in [-0.2, -0.15) is 0 Å². The van der Waals surface area contributed by atoms with Gasteiger partial charge >= 0.3 is 0 Å². The Morgan fingerprint density at radius 2 is 2.31 bits per heavy atom. The third kappa shape index (κ3) is 1.55. The second-order valence-corrected chi connectivity index (χ2v) is 4.70. The van der Waals surface area contributed by atoms with Crippen LogP contribution in [-0.4, -0.2) is 23.7 Å². The van der Waals surface area contributed by atoms with E-state index in [2.05, 4.69) is 9.89 Å². The number of halogens is 2. The molecule has 0 radical (unpaired) electrons. The third-order valence-corrected chi connectivity index (χ3v) is 3.74. The van der Waals surface area contributed by atoms with Crippen LogP contribution in [0.2, 0.25) is 5.02 Å². The van der Waals surface area contributed by atoms with E-state index in [9.17, 15) is 4.39 Å². The second-order valence-electron chi connectivity index (χ2n) is 4.32. The maximum atomic E-state index is 13.4. The molecule has 16 heavy (non-hydrogen) atoms. The van der Waals surface area contributed by atoms with Crippen LogP contribution in [0.5, 0.6) is 0 Å². The van der Waals surface area contributed by atoms with Crippen molar-refractivity contribution < 1.29 is 4.39 Å². The molecule has 1 saturated heterocycles. The van der Waals surface area contributed by atoms with Crippen molar-refractivity contribution in [2.75, 3.05) is 6.54 Å². The van der Waals surface area contributed by atoms with E-state index >= 15 is 0 Å². The first-order chi connectivity index (χ1) is 7.75. The van der Waals surface area contributed by atoms with Gasteiger partial charge in [0.2, 0.25) is 0 Å². The van der Waals surface area contributed by atoms with Crippen LogP contribution in [-0.2, 0) is 6.54 Å². The Balaban J connectivity index is 2.07. The Hall–Kier alpha value is -0.930. The molecule has 0 aromatic heterocycles. The summed E-state index contributed by atoms with van der Waals surface area (Å²) < 4.78 is 13.4. The highest BCUT2D eigenvalue weighted by molar-refractivity contribution is 6.31. The van der Waals surface area contributed by atoms with Crippen LogP contribution in [0.3, 0.4) is 0 Å². The monoisotopic (exact) mass is 238 g/mol. The molecule has 0 spiro atoms. The Morgan fingerprint density at radius 3 is 3.19 bits per heavy atom. The second kappa shape index (κ2) is 3.82. The molecule has 1 atom stereocenters. The molecule has 0 unspecified atom stereocenters. The van der Waals surface area contributed by atoms with Crippen molar-refractivity contribution in [2.45, 2.75) is 25.4 Å². The topological polar surface area (TPSA) is 15.6 Å². The number of aliphatic imine (C=N–C) groups is 1. The van der Waals surface area contributed by atoms with E-state index in [4.69, 9.17) is 11.6 Å². The zero-order chi connectivity index (χ0) is 11.1. The van der Waals surface area contributed by atoms with Gasteiger partial charge in [-0.1, -0.05) is 11.6 Å². The zero-order valence-corrected chi connectivity index (χ0v) is 9.54. The minimum absolute atomic E-state index is 0.224. The fraction of sp³-hybridized carbons (Fsp3) is 0.417. The van der Waals surface area contributed by atoms with E-state index in [1.807, 2.05) is 6.21 Å². The van der Waals surface area contributed by atoms with Gasteiger partial charge in [0.25, 0.3) is 0 Å². The molecule has 0 amide bonds. The summed E-state index contributed by atoms with van der Waals surface area (Å²) in [4.78, 5) is 6.72. The lowest BCUT2D eigenvalue weighted by Crippen LogP contribution is -2.28. The fourth-order valence-corrected chi connectivity index (χ4v) is 2.66. The van der Waals surface area contributed by atoms with Crippen molar-refractivity contribution in [1.82, 2.24) is 4.90 Å². The van der Waals surface area contributed by atoms with E-state index in [1.54, 1.807) is 6.07 Å². The van der Waals surface area contributed by atoms with Gasteiger partial charge in [-0.15, -0.1) is 0 Å². The zero-order valence-electron chi connectivity index (χ0n) is 8.79. The summed E-state index contributed by atoms with van der Waals surface area (Å²) in [6, 6.07) is 3.48. The lowest BCUT2D eigenvalue weighted by Gasteiger charge is -2.19. The smallest absolute Gasteiger partial charge is 0.142 e. The molecule has 0 aliphatic carbocycles. The summed E-state index contributed by atoms with van der Waals surface area (Å²) in [5.74, 6) is -0.353. The van der Waals surface area contributed by atoms with Crippen molar-refractivity contribution in [3.05, 3.63) is 28.5 Å². The molecule has 84 valence electrons. The molecule has 1 aromatic rings. The minimum Gasteiger partial charge on any atom is -0.291 e. The van der Waals surface area contributed by atoms with Gasteiger partial charge in [-0.05, 0) is 31.5 Å². The number of fused-ring (bicyclic) bond motifs is 2. The lowest BCUT2D eigenvalue weighted by molar-refractivity contribution is 0.300. The molecule has 3 rings (SSSR count). The SMILES string of the molecule is Fc1ccc2c(c1Cl)CN1CCC[C@H]1C=N2. The number of nitrogens with zero attached hydrogens (tertiary/aromatic N) is 2. The van der Waals surface area contributed by atoms with E-state index in [0.717, 1.165) is 24.2 Å². The standard InChI is InChI=1S/C12H12ClFN2/c13-12-9-7-16-5-1-2-8(16)6-15-11(9)4-3-10(12)14/h3-4,6,8H,1-2,5,7H2/t8-/m0/s1. The largest absolute Gasteiger partial charge is 0.291 e. The Morgan fingerprint density at radius 1 is 1.44 bits per heavy atom. The van der Waals surface area contributed by atoms with E-state index in [0.29, 0.717) is 12.6 Å². The lowest BCUT2D eigenvalue weighted by atomic mass is 10.1. The Labute approximate surface area is 98.7 Å². The van der Waals surface area contributed by atoms with E-state index in [-0.39, 0.29) is 10.8 Å². The molecular weight excluding hydrogens is 227 g/mol. The van der Waals surface area contributed by atoms with Crippen LogP contribution in [0.4, 0.5) is 10.1 Å². The van der Waals surface area contributed by atoms with Crippen LogP contribution in [0.15, 0.2) is 17.1 Å². The van der Waals surface area contributed by atoms with Gasteiger partial charge in [-0.25, -0.2) is 4.39 Å². The van der Waals surface area contributed by atoms with Gasteiger partial charge in [0.05, 0.1) is 10.7 Å². The van der Waals surface area contributed by atoms with Gasteiger partial charge in [0, 0.05) is 24.4 Å². The quantitative estimate of drug-likeness (QED) is 0.678. The number of rotatable bonds is 0. The number of benzene rings is 1. The van der Waals surface area contributed by atoms with Crippen molar-refractivity contribution in [3.8, 4) is 0 Å². The summed E-state index contributed by atoms with van der Waals surface area (Å²) in [7, 11) is 0. The number of hydrogen-bond donors (Lipinski definition) is 0. The maximum Gasteiger partial charge on any atom is 0.142 e. The molecule has 4 heteroatoms. The average Bonchev–Trinajstić information content (AvgIpc) is 2.64. The van der Waals surface area contributed by atoms with Gasteiger partial charge in [-0.3, -0.25) is 9.89 Å². The summed E-state index contributed by atoms with van der Waals surface area (Å²) >= 11 is 6.00. The predicted octanol–water partition coefficient (Wildman–Crippen LogP) is 3.16. The molecule has 0 bridgehead atoms. The molecule has 1 fully saturated rings. The molecule has 2 nitrogen and oxygen atoms in total. The van der Waals surface area contributed by atoms with Gasteiger partial charge in [0.1, 0.15) is 5.82 Å². The Kier molecular flexibility index (Phi) is 2.45.